The number of hydrogen-bond donors (Lipinski definition) is 1. The van der Waals surface area contributed by atoms with Gasteiger partial charge in [-0.25, -0.2) is 0 Å². The molecule has 2 aromatic carbocycles. The van der Waals surface area contributed by atoms with Gasteiger partial charge >= 0.3 is 5.97 Å². The molecule has 2 aliphatic heterocycles. The SMILES string of the molecule is O=C(Cc1cccc(C2CCCC2)c1O)OC1C2CCC1CN(CCc1ccc3c(c1)OCO3)C2. The quantitative estimate of drug-likeness (QED) is 0.577. The molecule has 186 valence electrons. The van der Waals surface area contributed by atoms with Crippen LogP contribution < -0.4 is 9.47 Å². The van der Waals surface area contributed by atoms with Crippen molar-refractivity contribution >= 4 is 5.97 Å². The maximum atomic E-state index is 12.9. The third-order valence-electron chi connectivity index (χ3n) is 8.52. The summed E-state index contributed by atoms with van der Waals surface area (Å²) < 4.78 is 17.0. The van der Waals surface area contributed by atoms with E-state index >= 15 is 0 Å². The van der Waals surface area contributed by atoms with Gasteiger partial charge in [0.15, 0.2) is 11.5 Å². The second kappa shape index (κ2) is 9.73. The highest BCUT2D eigenvalue weighted by Crippen LogP contribution is 2.41. The van der Waals surface area contributed by atoms with E-state index in [9.17, 15) is 9.90 Å². The first-order valence-corrected chi connectivity index (χ1v) is 13.2. The third-order valence-corrected chi connectivity index (χ3v) is 8.52. The lowest BCUT2D eigenvalue weighted by Crippen LogP contribution is -2.47. The molecule has 2 heterocycles. The molecular weight excluding hydrogens is 442 g/mol. The molecule has 6 rings (SSSR count). The number of phenolic OH excluding ortho intramolecular Hbond substituents is 1. The van der Waals surface area contributed by atoms with Crippen molar-refractivity contribution < 1.29 is 24.1 Å². The van der Waals surface area contributed by atoms with Crippen molar-refractivity contribution in [3.8, 4) is 17.2 Å². The minimum Gasteiger partial charge on any atom is -0.507 e. The van der Waals surface area contributed by atoms with Gasteiger partial charge in [0.25, 0.3) is 0 Å². The van der Waals surface area contributed by atoms with Gasteiger partial charge in [0.2, 0.25) is 6.79 Å². The predicted molar refractivity (Wildman–Crippen MR) is 132 cm³/mol. The Kier molecular flexibility index (Phi) is 6.31. The van der Waals surface area contributed by atoms with Gasteiger partial charge in [0, 0.05) is 37.0 Å². The molecule has 1 N–H and O–H groups in total. The zero-order valence-electron chi connectivity index (χ0n) is 20.3. The molecule has 3 fully saturated rings. The van der Waals surface area contributed by atoms with E-state index in [0.717, 1.165) is 68.8 Å². The lowest BCUT2D eigenvalue weighted by molar-refractivity contribution is -0.155. The maximum Gasteiger partial charge on any atom is 0.310 e. The minimum atomic E-state index is -0.209. The van der Waals surface area contributed by atoms with Gasteiger partial charge in [0.05, 0.1) is 6.42 Å². The maximum absolute atomic E-state index is 12.9. The Morgan fingerprint density at radius 3 is 2.57 bits per heavy atom. The summed E-state index contributed by atoms with van der Waals surface area (Å²) in [5, 5.41) is 10.8. The molecule has 4 aliphatic rings. The van der Waals surface area contributed by atoms with Gasteiger partial charge < -0.3 is 24.2 Å². The largest absolute Gasteiger partial charge is 0.507 e. The summed E-state index contributed by atoms with van der Waals surface area (Å²) in [7, 11) is 0. The van der Waals surface area contributed by atoms with E-state index in [0.29, 0.717) is 35.9 Å². The van der Waals surface area contributed by atoms with Crippen LogP contribution in [-0.4, -0.2) is 48.5 Å². The number of carbonyl (C=O) groups is 1. The fourth-order valence-corrected chi connectivity index (χ4v) is 6.70. The molecule has 2 atom stereocenters. The zero-order valence-corrected chi connectivity index (χ0v) is 20.3. The lowest BCUT2D eigenvalue weighted by atomic mass is 9.93. The molecule has 2 aromatic rings. The van der Waals surface area contributed by atoms with Gasteiger partial charge in [-0.3, -0.25) is 4.79 Å². The number of rotatable bonds is 7. The Labute approximate surface area is 207 Å². The van der Waals surface area contributed by atoms with Crippen LogP contribution in [0.15, 0.2) is 36.4 Å². The first kappa shape index (κ1) is 22.7. The summed E-state index contributed by atoms with van der Waals surface area (Å²) in [5.74, 6) is 2.97. The summed E-state index contributed by atoms with van der Waals surface area (Å²) in [4.78, 5) is 15.4. The number of benzene rings is 2. The molecule has 0 aromatic heterocycles. The van der Waals surface area contributed by atoms with Gasteiger partial charge in [-0.2, -0.15) is 0 Å². The van der Waals surface area contributed by atoms with Crippen LogP contribution in [-0.2, 0) is 22.4 Å². The van der Waals surface area contributed by atoms with Crippen LogP contribution in [0.25, 0.3) is 0 Å². The summed E-state index contributed by atoms with van der Waals surface area (Å²) in [6.07, 6.45) is 8.04. The van der Waals surface area contributed by atoms with Crippen LogP contribution in [0, 0.1) is 11.8 Å². The van der Waals surface area contributed by atoms with Crippen molar-refractivity contribution in [2.45, 2.75) is 63.4 Å². The first-order valence-electron chi connectivity index (χ1n) is 13.2. The van der Waals surface area contributed by atoms with Crippen molar-refractivity contribution in [3.63, 3.8) is 0 Å². The number of fused-ring (bicyclic) bond motifs is 3. The molecule has 2 saturated carbocycles. The Bertz CT molecular complexity index is 1060. The lowest BCUT2D eigenvalue weighted by Gasteiger charge is -2.37. The van der Waals surface area contributed by atoms with Gasteiger partial charge in [0.1, 0.15) is 11.9 Å². The van der Waals surface area contributed by atoms with Gasteiger partial charge in [-0.15, -0.1) is 0 Å². The molecule has 6 nitrogen and oxygen atoms in total. The van der Waals surface area contributed by atoms with E-state index in [-0.39, 0.29) is 18.5 Å². The number of nitrogens with zero attached hydrogens (tertiary/aromatic N) is 1. The van der Waals surface area contributed by atoms with Crippen molar-refractivity contribution in [3.05, 3.63) is 53.1 Å². The van der Waals surface area contributed by atoms with E-state index in [4.69, 9.17) is 14.2 Å². The minimum absolute atomic E-state index is 0.00412. The molecule has 2 bridgehead atoms. The number of hydrogen-bond acceptors (Lipinski definition) is 6. The Hall–Kier alpha value is -2.73. The van der Waals surface area contributed by atoms with Crippen molar-refractivity contribution in [2.75, 3.05) is 26.4 Å². The summed E-state index contributed by atoms with van der Waals surface area (Å²) in [6, 6.07) is 12.0. The molecular formula is C29H35NO5. The number of phenols is 1. The van der Waals surface area contributed by atoms with Crippen molar-refractivity contribution in [2.24, 2.45) is 11.8 Å². The van der Waals surface area contributed by atoms with Crippen LogP contribution in [0.5, 0.6) is 17.2 Å². The second-order valence-corrected chi connectivity index (χ2v) is 10.8. The normalized spacial score (nSPS) is 25.8. The number of likely N-dealkylation sites (tertiary alicyclic amines) is 1. The monoisotopic (exact) mass is 477 g/mol. The number of ether oxygens (including phenoxy) is 3. The summed E-state index contributed by atoms with van der Waals surface area (Å²) in [6.45, 7) is 3.25. The second-order valence-electron chi connectivity index (χ2n) is 10.8. The van der Waals surface area contributed by atoms with E-state index in [1.54, 1.807) is 0 Å². The average molecular weight is 478 g/mol. The van der Waals surface area contributed by atoms with E-state index < -0.39 is 0 Å². The number of para-hydroxylation sites is 1. The molecule has 2 unspecified atom stereocenters. The molecule has 2 aliphatic carbocycles. The van der Waals surface area contributed by atoms with Crippen LogP contribution >= 0.6 is 0 Å². The predicted octanol–water partition coefficient (Wildman–Crippen LogP) is 4.82. The van der Waals surface area contributed by atoms with Crippen molar-refractivity contribution in [1.29, 1.82) is 0 Å². The highest BCUT2D eigenvalue weighted by molar-refractivity contribution is 5.74. The molecule has 35 heavy (non-hydrogen) atoms. The fourth-order valence-electron chi connectivity index (χ4n) is 6.70. The summed E-state index contributed by atoms with van der Waals surface area (Å²) in [5.41, 5.74) is 2.96. The number of piperidine rings is 1. The topological polar surface area (TPSA) is 68.2 Å². The van der Waals surface area contributed by atoms with Crippen LogP contribution in [0.1, 0.15) is 61.1 Å². The molecule has 0 radical (unpaired) electrons. The Morgan fingerprint density at radius 1 is 1.00 bits per heavy atom. The first-order chi connectivity index (χ1) is 17.1. The Morgan fingerprint density at radius 2 is 1.77 bits per heavy atom. The van der Waals surface area contributed by atoms with Crippen LogP contribution in [0.4, 0.5) is 0 Å². The third kappa shape index (κ3) is 4.73. The van der Waals surface area contributed by atoms with Crippen LogP contribution in [0.2, 0.25) is 0 Å². The smallest absolute Gasteiger partial charge is 0.310 e. The van der Waals surface area contributed by atoms with Crippen molar-refractivity contribution in [1.82, 2.24) is 4.90 Å². The Balaban J connectivity index is 1.03. The van der Waals surface area contributed by atoms with Gasteiger partial charge in [-0.05, 0) is 61.3 Å². The zero-order chi connectivity index (χ0) is 23.8. The molecule has 0 amide bonds. The number of esters is 1. The molecule has 6 heteroatoms. The fraction of sp³-hybridized carbons (Fsp3) is 0.552. The number of aromatic hydroxyl groups is 1. The molecule has 1 saturated heterocycles. The standard InChI is InChI=1S/C29H35NO5/c31-27(15-21-6-3-7-24(28(21)32)20-4-1-2-5-20)35-29-22-9-10-23(29)17-30(16-22)13-12-19-8-11-25-26(14-19)34-18-33-25/h3,6-8,11,14,20,22-23,29,32H,1-2,4-5,9-10,12-13,15-18H2. The highest BCUT2D eigenvalue weighted by Gasteiger charge is 2.44. The molecule has 0 spiro atoms. The highest BCUT2D eigenvalue weighted by atomic mass is 16.7. The number of carbonyl (C=O) groups excluding carboxylic acids is 1. The van der Waals surface area contributed by atoms with Crippen LogP contribution in [0.3, 0.4) is 0 Å². The van der Waals surface area contributed by atoms with E-state index in [1.165, 1.54) is 18.4 Å². The summed E-state index contributed by atoms with van der Waals surface area (Å²) >= 11 is 0. The van der Waals surface area contributed by atoms with E-state index in [2.05, 4.69) is 17.0 Å². The van der Waals surface area contributed by atoms with E-state index in [1.807, 2.05) is 24.3 Å². The average Bonchev–Trinajstić information content (AvgIpc) is 3.59. The van der Waals surface area contributed by atoms with Gasteiger partial charge in [-0.1, -0.05) is 37.1 Å².